The van der Waals surface area contributed by atoms with Gasteiger partial charge in [0.25, 0.3) is 11.8 Å². The largest absolute Gasteiger partial charge is 0.436 e. The number of carbonyl (C=O) groups excluding carboxylic acids is 1. The summed E-state index contributed by atoms with van der Waals surface area (Å²) in [6.07, 6.45) is 3.32. The highest BCUT2D eigenvalue weighted by atomic mass is 32.2. The van der Waals surface area contributed by atoms with E-state index in [1.807, 2.05) is 43.0 Å². The molecule has 2 aromatic carbocycles. The first-order valence-corrected chi connectivity index (χ1v) is 11.1. The molecule has 4 rings (SSSR count). The normalized spacial score (nSPS) is 13.7. The van der Waals surface area contributed by atoms with E-state index in [0.29, 0.717) is 23.7 Å². The number of thioether (sulfide) groups is 1. The third kappa shape index (κ3) is 5.10. The number of carbonyl (C=O) groups is 1. The molecule has 1 amide bonds. The number of anilines is 1. The van der Waals surface area contributed by atoms with Crippen LogP contribution >= 0.6 is 11.8 Å². The number of amides is 1. The van der Waals surface area contributed by atoms with E-state index in [0.717, 1.165) is 36.0 Å². The van der Waals surface area contributed by atoms with Gasteiger partial charge in [0.2, 0.25) is 0 Å². The lowest BCUT2D eigenvalue weighted by Crippen LogP contribution is -2.33. The number of rotatable bonds is 6. The van der Waals surface area contributed by atoms with Crippen LogP contribution in [-0.4, -0.2) is 40.5 Å². The lowest BCUT2D eigenvalue weighted by atomic mass is 10.1. The average molecular weight is 421 g/mol. The second-order valence-electron chi connectivity index (χ2n) is 7.08. The van der Waals surface area contributed by atoms with Crippen molar-refractivity contribution in [2.75, 3.05) is 29.5 Å². The minimum atomic E-state index is -0.117. The van der Waals surface area contributed by atoms with E-state index in [1.54, 1.807) is 36.7 Å². The molecular formula is C23H24N4O2S. The fourth-order valence-corrected chi connectivity index (χ4v) is 4.06. The van der Waals surface area contributed by atoms with E-state index in [9.17, 15) is 4.79 Å². The Hall–Kier alpha value is -3.06. The molecule has 0 unspecified atom stereocenters. The van der Waals surface area contributed by atoms with Gasteiger partial charge >= 0.3 is 0 Å². The SMILES string of the molecule is Cc1ccc(CNC(=O)c2ccc(Oc3nccnc3N3CCSCC3)cc2)cc1. The van der Waals surface area contributed by atoms with Gasteiger partial charge in [-0.3, -0.25) is 4.79 Å². The number of hydrogen-bond donors (Lipinski definition) is 1. The Labute approximate surface area is 180 Å². The summed E-state index contributed by atoms with van der Waals surface area (Å²) in [6.45, 7) is 4.40. The lowest BCUT2D eigenvalue weighted by molar-refractivity contribution is 0.0951. The molecule has 2 heterocycles. The molecule has 0 bridgehead atoms. The molecule has 1 saturated heterocycles. The molecule has 154 valence electrons. The highest BCUT2D eigenvalue weighted by Gasteiger charge is 2.18. The highest BCUT2D eigenvalue weighted by Crippen LogP contribution is 2.29. The average Bonchev–Trinajstić information content (AvgIpc) is 2.80. The standard InChI is InChI=1S/C23H24N4O2S/c1-17-2-4-18(5-3-17)16-26-22(28)19-6-8-20(9-7-19)29-23-21(24-10-11-25-23)27-12-14-30-15-13-27/h2-11H,12-16H2,1H3,(H,26,28). The van der Waals surface area contributed by atoms with Crippen LogP contribution in [0.4, 0.5) is 5.82 Å². The summed E-state index contributed by atoms with van der Waals surface area (Å²) in [7, 11) is 0. The fraction of sp³-hybridized carbons (Fsp3) is 0.261. The van der Waals surface area contributed by atoms with Crippen LogP contribution in [0.15, 0.2) is 60.9 Å². The fourth-order valence-electron chi connectivity index (χ4n) is 3.16. The number of nitrogens with one attached hydrogen (secondary N) is 1. The predicted octanol–water partition coefficient (Wildman–Crippen LogP) is 4.06. The second kappa shape index (κ2) is 9.63. The quantitative estimate of drug-likeness (QED) is 0.649. The van der Waals surface area contributed by atoms with Crippen LogP contribution in [0.3, 0.4) is 0 Å². The van der Waals surface area contributed by atoms with Gasteiger partial charge in [0.05, 0.1) is 0 Å². The molecule has 0 atom stereocenters. The molecule has 1 aromatic heterocycles. The third-order valence-electron chi connectivity index (χ3n) is 4.86. The second-order valence-corrected chi connectivity index (χ2v) is 8.30. The Morgan fingerprint density at radius 3 is 2.47 bits per heavy atom. The Balaban J connectivity index is 1.39. The zero-order chi connectivity index (χ0) is 20.8. The minimum absolute atomic E-state index is 0.117. The number of benzene rings is 2. The molecule has 1 fully saturated rings. The van der Waals surface area contributed by atoms with Gasteiger partial charge in [-0.15, -0.1) is 0 Å². The maximum atomic E-state index is 12.4. The summed E-state index contributed by atoms with van der Waals surface area (Å²) >= 11 is 1.94. The zero-order valence-electron chi connectivity index (χ0n) is 16.9. The van der Waals surface area contributed by atoms with Crippen LogP contribution in [0.2, 0.25) is 0 Å². The maximum absolute atomic E-state index is 12.4. The zero-order valence-corrected chi connectivity index (χ0v) is 17.7. The first kappa shape index (κ1) is 20.2. The smallest absolute Gasteiger partial charge is 0.263 e. The minimum Gasteiger partial charge on any atom is -0.436 e. The van der Waals surface area contributed by atoms with Crippen LogP contribution in [0.1, 0.15) is 21.5 Å². The van der Waals surface area contributed by atoms with Gasteiger partial charge < -0.3 is 15.0 Å². The van der Waals surface area contributed by atoms with Gasteiger partial charge in [-0.05, 0) is 36.8 Å². The van der Waals surface area contributed by atoms with Gasteiger partial charge in [-0.25, -0.2) is 9.97 Å². The van der Waals surface area contributed by atoms with Gasteiger partial charge in [0.1, 0.15) is 5.75 Å². The van der Waals surface area contributed by atoms with Crippen molar-refractivity contribution in [2.24, 2.45) is 0 Å². The van der Waals surface area contributed by atoms with Gasteiger partial charge in [0, 0.05) is 49.1 Å². The van der Waals surface area contributed by atoms with Crippen LogP contribution in [0, 0.1) is 6.92 Å². The molecule has 3 aromatic rings. The molecule has 0 saturated carbocycles. The molecule has 0 radical (unpaired) electrons. The van der Waals surface area contributed by atoms with Crippen LogP contribution in [0.25, 0.3) is 0 Å². The first-order chi connectivity index (χ1) is 14.7. The summed E-state index contributed by atoms with van der Waals surface area (Å²) in [5, 5.41) is 2.95. The number of hydrogen-bond acceptors (Lipinski definition) is 6. The molecule has 1 N–H and O–H groups in total. The van der Waals surface area contributed by atoms with Crippen molar-refractivity contribution >= 4 is 23.5 Å². The van der Waals surface area contributed by atoms with Crippen molar-refractivity contribution < 1.29 is 9.53 Å². The summed E-state index contributed by atoms with van der Waals surface area (Å²) < 4.78 is 5.98. The van der Waals surface area contributed by atoms with Crippen molar-refractivity contribution in [1.29, 1.82) is 0 Å². The van der Waals surface area contributed by atoms with Crippen LogP contribution < -0.4 is 15.0 Å². The van der Waals surface area contributed by atoms with Crippen molar-refractivity contribution in [2.45, 2.75) is 13.5 Å². The summed E-state index contributed by atoms with van der Waals surface area (Å²) in [5.41, 5.74) is 2.85. The van der Waals surface area contributed by atoms with Crippen LogP contribution in [-0.2, 0) is 6.54 Å². The van der Waals surface area contributed by atoms with E-state index in [-0.39, 0.29) is 5.91 Å². The first-order valence-electron chi connectivity index (χ1n) is 9.94. The third-order valence-corrected chi connectivity index (χ3v) is 5.80. The Morgan fingerprint density at radius 2 is 1.73 bits per heavy atom. The Kier molecular flexibility index (Phi) is 6.49. The van der Waals surface area contributed by atoms with Crippen molar-refractivity contribution in [3.63, 3.8) is 0 Å². The highest BCUT2D eigenvalue weighted by molar-refractivity contribution is 7.99. The summed E-state index contributed by atoms with van der Waals surface area (Å²) in [5.74, 6) is 3.90. The summed E-state index contributed by atoms with van der Waals surface area (Å²) in [4.78, 5) is 23.5. The molecule has 1 aliphatic rings. The summed E-state index contributed by atoms with van der Waals surface area (Å²) in [6, 6.07) is 15.2. The number of aryl methyl sites for hydroxylation is 1. The van der Waals surface area contributed by atoms with Gasteiger partial charge in [-0.1, -0.05) is 29.8 Å². The maximum Gasteiger partial charge on any atom is 0.263 e. The molecular weight excluding hydrogens is 396 g/mol. The van der Waals surface area contributed by atoms with Crippen molar-refractivity contribution in [3.05, 3.63) is 77.6 Å². The Bertz CT molecular complexity index is 987. The molecule has 7 heteroatoms. The van der Waals surface area contributed by atoms with E-state index < -0.39 is 0 Å². The van der Waals surface area contributed by atoms with Crippen molar-refractivity contribution in [3.8, 4) is 11.6 Å². The van der Waals surface area contributed by atoms with Gasteiger partial charge in [-0.2, -0.15) is 11.8 Å². The van der Waals surface area contributed by atoms with E-state index in [1.165, 1.54) is 5.56 Å². The number of ether oxygens (including phenoxy) is 1. The predicted molar refractivity (Wildman–Crippen MR) is 120 cm³/mol. The van der Waals surface area contributed by atoms with E-state index in [2.05, 4.69) is 20.2 Å². The topological polar surface area (TPSA) is 67.3 Å². The van der Waals surface area contributed by atoms with Crippen LogP contribution in [0.5, 0.6) is 11.6 Å². The van der Waals surface area contributed by atoms with E-state index >= 15 is 0 Å². The number of aromatic nitrogens is 2. The molecule has 0 aliphatic carbocycles. The molecule has 0 spiro atoms. The lowest BCUT2D eigenvalue weighted by Gasteiger charge is -2.28. The molecule has 1 aliphatic heterocycles. The van der Waals surface area contributed by atoms with E-state index in [4.69, 9.17) is 4.74 Å². The number of nitrogens with zero attached hydrogens (tertiary/aromatic N) is 3. The van der Waals surface area contributed by atoms with Gasteiger partial charge in [0.15, 0.2) is 5.82 Å². The molecule has 6 nitrogen and oxygen atoms in total. The Morgan fingerprint density at radius 1 is 1.03 bits per heavy atom. The monoisotopic (exact) mass is 420 g/mol. The van der Waals surface area contributed by atoms with Crippen molar-refractivity contribution in [1.82, 2.24) is 15.3 Å². The molecule has 30 heavy (non-hydrogen) atoms.